The molecule has 0 unspecified atom stereocenters. The van der Waals surface area contributed by atoms with Crippen molar-refractivity contribution >= 4 is 23.6 Å². The maximum absolute atomic E-state index is 13.9. The summed E-state index contributed by atoms with van der Waals surface area (Å²) in [4.78, 5) is 26.3. The average molecular weight is 387 g/mol. The molecule has 1 aliphatic heterocycles. The zero-order chi connectivity index (χ0) is 19.5. The third kappa shape index (κ3) is 5.08. The van der Waals surface area contributed by atoms with E-state index in [1.54, 1.807) is 32.9 Å². The normalized spacial score (nSPS) is 20.2. The maximum Gasteiger partial charge on any atom is 0.411 e. The number of carbonyl (C=O) groups is 2. The standard InChI is InChI=1S/C18H24ClFN2O4/c1-18(2,3)26-17(24)22-10-12(25-4)8-14(22)16(23)21-9-11-6-5-7-13(19)15(11)20/h5-7,12,14H,8-10H2,1-4H3,(H,21,23)/t12-,14-/m0/s1. The Bertz CT molecular complexity index is 678. The van der Waals surface area contributed by atoms with Gasteiger partial charge in [0.25, 0.3) is 0 Å². The third-order valence-corrected chi connectivity index (χ3v) is 4.30. The fourth-order valence-corrected chi connectivity index (χ4v) is 2.92. The highest BCUT2D eigenvalue weighted by Crippen LogP contribution is 2.23. The fourth-order valence-electron chi connectivity index (χ4n) is 2.72. The Morgan fingerprint density at radius 1 is 1.38 bits per heavy atom. The predicted molar refractivity (Wildman–Crippen MR) is 95.4 cm³/mol. The summed E-state index contributed by atoms with van der Waals surface area (Å²) >= 11 is 5.75. The number of ether oxygens (including phenoxy) is 2. The van der Waals surface area contributed by atoms with E-state index in [1.807, 2.05) is 0 Å². The number of benzene rings is 1. The Kier molecular flexibility index (Phi) is 6.47. The van der Waals surface area contributed by atoms with Gasteiger partial charge in [0.05, 0.1) is 17.7 Å². The number of halogens is 2. The van der Waals surface area contributed by atoms with Crippen LogP contribution in [0.15, 0.2) is 18.2 Å². The summed E-state index contributed by atoms with van der Waals surface area (Å²) in [7, 11) is 1.53. The van der Waals surface area contributed by atoms with E-state index in [1.165, 1.54) is 18.1 Å². The summed E-state index contributed by atoms with van der Waals surface area (Å²) in [6.45, 7) is 5.50. The van der Waals surface area contributed by atoms with Gasteiger partial charge < -0.3 is 14.8 Å². The van der Waals surface area contributed by atoms with E-state index in [2.05, 4.69) is 5.32 Å². The molecule has 2 amide bonds. The summed E-state index contributed by atoms with van der Waals surface area (Å²) in [6.07, 6.45) is -0.494. The molecule has 1 aromatic rings. The molecular formula is C18H24ClFN2O4. The molecule has 0 bridgehead atoms. The van der Waals surface area contributed by atoms with Crippen molar-refractivity contribution < 1.29 is 23.5 Å². The number of hydrogen-bond donors (Lipinski definition) is 1. The SMILES string of the molecule is CO[C@H]1C[C@@H](C(=O)NCc2cccc(Cl)c2F)N(C(=O)OC(C)(C)C)C1. The first-order valence-corrected chi connectivity index (χ1v) is 8.73. The zero-order valence-electron chi connectivity index (χ0n) is 15.3. The average Bonchev–Trinajstić information content (AvgIpc) is 2.99. The minimum Gasteiger partial charge on any atom is -0.444 e. The van der Waals surface area contributed by atoms with Crippen LogP contribution in [-0.4, -0.2) is 48.3 Å². The van der Waals surface area contributed by atoms with Gasteiger partial charge in [-0.1, -0.05) is 23.7 Å². The number of rotatable bonds is 4. The van der Waals surface area contributed by atoms with Gasteiger partial charge in [0.1, 0.15) is 17.5 Å². The molecule has 0 aliphatic carbocycles. The van der Waals surface area contributed by atoms with Crippen LogP contribution in [0.25, 0.3) is 0 Å². The summed E-state index contributed by atoms with van der Waals surface area (Å²) in [5, 5.41) is 2.65. The molecule has 0 spiro atoms. The van der Waals surface area contributed by atoms with Gasteiger partial charge in [0.2, 0.25) is 5.91 Å². The number of nitrogens with one attached hydrogen (secondary N) is 1. The van der Waals surface area contributed by atoms with Crippen molar-refractivity contribution in [2.45, 2.75) is 51.5 Å². The Morgan fingerprint density at radius 2 is 2.08 bits per heavy atom. The molecule has 1 N–H and O–H groups in total. The van der Waals surface area contributed by atoms with E-state index in [0.29, 0.717) is 6.42 Å². The number of nitrogens with zero attached hydrogens (tertiary/aromatic N) is 1. The molecule has 2 rings (SSSR count). The molecule has 1 aliphatic rings. The Hall–Kier alpha value is -1.86. The van der Waals surface area contributed by atoms with Gasteiger partial charge >= 0.3 is 6.09 Å². The highest BCUT2D eigenvalue weighted by atomic mass is 35.5. The van der Waals surface area contributed by atoms with Crippen molar-refractivity contribution in [3.8, 4) is 0 Å². The molecule has 26 heavy (non-hydrogen) atoms. The monoisotopic (exact) mass is 386 g/mol. The van der Waals surface area contributed by atoms with Crippen molar-refractivity contribution in [3.63, 3.8) is 0 Å². The van der Waals surface area contributed by atoms with Crippen LogP contribution < -0.4 is 5.32 Å². The zero-order valence-corrected chi connectivity index (χ0v) is 16.1. The van der Waals surface area contributed by atoms with Crippen LogP contribution in [0.3, 0.4) is 0 Å². The molecule has 144 valence electrons. The van der Waals surface area contributed by atoms with Crippen molar-refractivity contribution in [3.05, 3.63) is 34.6 Å². The van der Waals surface area contributed by atoms with Crippen molar-refractivity contribution in [2.75, 3.05) is 13.7 Å². The van der Waals surface area contributed by atoms with Gasteiger partial charge in [-0.3, -0.25) is 9.69 Å². The number of hydrogen-bond acceptors (Lipinski definition) is 4. The molecule has 6 nitrogen and oxygen atoms in total. The second-order valence-corrected chi connectivity index (χ2v) is 7.58. The van der Waals surface area contributed by atoms with Gasteiger partial charge in [-0.05, 0) is 26.8 Å². The molecule has 2 atom stereocenters. The van der Waals surface area contributed by atoms with E-state index >= 15 is 0 Å². The predicted octanol–water partition coefficient (Wildman–Crippen LogP) is 3.12. The second-order valence-electron chi connectivity index (χ2n) is 7.17. The Morgan fingerprint density at radius 3 is 2.69 bits per heavy atom. The molecule has 1 aromatic carbocycles. The van der Waals surface area contributed by atoms with Gasteiger partial charge in [-0.15, -0.1) is 0 Å². The molecule has 1 fully saturated rings. The topological polar surface area (TPSA) is 67.9 Å². The molecule has 0 saturated carbocycles. The van der Waals surface area contributed by atoms with Crippen molar-refractivity contribution in [2.24, 2.45) is 0 Å². The first kappa shape index (κ1) is 20.5. The summed E-state index contributed by atoms with van der Waals surface area (Å²) in [6, 6.07) is 3.85. The highest BCUT2D eigenvalue weighted by molar-refractivity contribution is 6.30. The minimum absolute atomic E-state index is 0.00700. The summed E-state index contributed by atoms with van der Waals surface area (Å²) in [5.74, 6) is -0.963. The molecular weight excluding hydrogens is 363 g/mol. The Labute approximate surface area is 157 Å². The van der Waals surface area contributed by atoms with E-state index in [0.717, 1.165) is 0 Å². The van der Waals surface area contributed by atoms with Crippen LogP contribution in [0.5, 0.6) is 0 Å². The van der Waals surface area contributed by atoms with Crippen LogP contribution in [0.1, 0.15) is 32.8 Å². The van der Waals surface area contributed by atoms with Gasteiger partial charge in [0, 0.05) is 25.6 Å². The highest BCUT2D eigenvalue weighted by Gasteiger charge is 2.41. The second kappa shape index (κ2) is 8.22. The first-order valence-electron chi connectivity index (χ1n) is 8.35. The van der Waals surface area contributed by atoms with Crippen LogP contribution in [0.4, 0.5) is 9.18 Å². The lowest BCUT2D eigenvalue weighted by atomic mass is 10.1. The lowest BCUT2D eigenvalue weighted by Crippen LogP contribution is -2.47. The molecule has 1 saturated heterocycles. The summed E-state index contributed by atoms with van der Waals surface area (Å²) in [5.41, 5.74) is -0.399. The van der Waals surface area contributed by atoms with Gasteiger partial charge in [0.15, 0.2) is 0 Å². The fraction of sp³-hybridized carbons (Fsp3) is 0.556. The van der Waals surface area contributed by atoms with Gasteiger partial charge in [-0.25, -0.2) is 9.18 Å². The maximum atomic E-state index is 13.9. The molecule has 1 heterocycles. The number of amides is 2. The third-order valence-electron chi connectivity index (χ3n) is 4.01. The van der Waals surface area contributed by atoms with E-state index in [4.69, 9.17) is 21.1 Å². The van der Waals surface area contributed by atoms with Crippen LogP contribution in [0.2, 0.25) is 5.02 Å². The molecule has 8 heteroatoms. The quantitative estimate of drug-likeness (QED) is 0.863. The summed E-state index contributed by atoms with van der Waals surface area (Å²) < 4.78 is 24.6. The van der Waals surface area contributed by atoms with Crippen molar-refractivity contribution in [1.82, 2.24) is 10.2 Å². The van der Waals surface area contributed by atoms with E-state index in [9.17, 15) is 14.0 Å². The first-order chi connectivity index (χ1) is 12.1. The smallest absolute Gasteiger partial charge is 0.411 e. The van der Waals surface area contributed by atoms with Crippen LogP contribution in [-0.2, 0) is 20.8 Å². The molecule has 0 radical (unpaired) electrons. The van der Waals surface area contributed by atoms with E-state index < -0.39 is 29.5 Å². The Balaban J connectivity index is 2.06. The van der Waals surface area contributed by atoms with E-state index in [-0.39, 0.29) is 29.8 Å². The van der Waals surface area contributed by atoms with Crippen LogP contribution >= 0.6 is 11.6 Å². The van der Waals surface area contributed by atoms with Crippen LogP contribution in [0, 0.1) is 5.82 Å². The number of likely N-dealkylation sites (tertiary alicyclic amines) is 1. The largest absolute Gasteiger partial charge is 0.444 e. The van der Waals surface area contributed by atoms with Crippen molar-refractivity contribution in [1.29, 1.82) is 0 Å². The lowest BCUT2D eigenvalue weighted by molar-refractivity contribution is -0.125. The van der Waals surface area contributed by atoms with Gasteiger partial charge in [-0.2, -0.15) is 0 Å². The number of carbonyl (C=O) groups excluding carboxylic acids is 2. The lowest BCUT2D eigenvalue weighted by Gasteiger charge is -2.27. The molecule has 0 aromatic heterocycles. The minimum atomic E-state index is -0.739. The number of methoxy groups -OCH3 is 1.